The van der Waals surface area contributed by atoms with Crippen molar-refractivity contribution in [2.24, 2.45) is 0 Å². The topological polar surface area (TPSA) is 58.1 Å². The van der Waals surface area contributed by atoms with E-state index >= 15 is 0 Å². The number of nitrogens with one attached hydrogen (secondary N) is 1. The predicted octanol–water partition coefficient (Wildman–Crippen LogP) is 2.45. The first-order valence-corrected chi connectivity index (χ1v) is 6.02. The van der Waals surface area contributed by atoms with E-state index in [2.05, 4.69) is 15.3 Å². The van der Waals surface area contributed by atoms with E-state index in [4.69, 9.17) is 11.6 Å². The van der Waals surface area contributed by atoms with Crippen LogP contribution in [0.4, 0.5) is 11.5 Å². The number of nitrogens with zero attached hydrogens (tertiary/aromatic N) is 3. The molecule has 0 unspecified atom stereocenters. The van der Waals surface area contributed by atoms with Gasteiger partial charge >= 0.3 is 0 Å². The van der Waals surface area contributed by atoms with Gasteiger partial charge in [0.25, 0.3) is 5.91 Å². The zero-order valence-corrected chi connectivity index (χ0v) is 11.3. The van der Waals surface area contributed by atoms with E-state index in [0.29, 0.717) is 22.1 Å². The van der Waals surface area contributed by atoms with Crippen LogP contribution in [0, 0.1) is 0 Å². The lowest BCUT2D eigenvalue weighted by Gasteiger charge is -2.17. The molecule has 0 bridgehead atoms. The fourth-order valence-corrected chi connectivity index (χ4v) is 1.77. The monoisotopic (exact) mass is 276 g/mol. The van der Waals surface area contributed by atoms with Gasteiger partial charge in [-0.3, -0.25) is 9.78 Å². The van der Waals surface area contributed by atoms with Crippen LogP contribution in [0.3, 0.4) is 0 Å². The highest BCUT2D eigenvalue weighted by molar-refractivity contribution is 6.34. The number of carbonyl (C=O) groups excluding carboxylic acids is 1. The molecule has 2 aromatic heterocycles. The van der Waals surface area contributed by atoms with Crippen molar-refractivity contribution < 1.29 is 4.79 Å². The number of halogens is 1. The Bertz CT molecular complexity index is 588. The van der Waals surface area contributed by atoms with E-state index in [-0.39, 0.29) is 5.91 Å². The normalized spacial score (nSPS) is 10.1. The van der Waals surface area contributed by atoms with E-state index in [1.165, 1.54) is 11.1 Å². The maximum Gasteiger partial charge on any atom is 0.259 e. The molecule has 0 spiro atoms. The second kappa shape index (κ2) is 5.67. The van der Waals surface area contributed by atoms with Crippen LogP contribution in [0.2, 0.25) is 5.02 Å². The molecule has 5 nitrogen and oxygen atoms in total. The highest BCUT2D eigenvalue weighted by atomic mass is 35.5. The molecule has 2 rings (SSSR count). The third-order valence-corrected chi connectivity index (χ3v) is 2.98. The van der Waals surface area contributed by atoms with E-state index in [1.54, 1.807) is 44.7 Å². The quantitative estimate of drug-likeness (QED) is 0.935. The SMILES string of the molecule is CNc1cc(C(=O)N(C)c2cccnc2)c(Cl)cn1. The van der Waals surface area contributed by atoms with Crippen LogP contribution in [-0.4, -0.2) is 30.0 Å². The fourth-order valence-electron chi connectivity index (χ4n) is 1.59. The molecule has 0 fully saturated rings. The summed E-state index contributed by atoms with van der Waals surface area (Å²) in [6, 6.07) is 5.20. The summed E-state index contributed by atoms with van der Waals surface area (Å²) in [7, 11) is 3.41. The average molecular weight is 277 g/mol. The highest BCUT2D eigenvalue weighted by Gasteiger charge is 2.17. The number of anilines is 2. The van der Waals surface area contributed by atoms with E-state index in [1.807, 2.05) is 0 Å². The molecule has 2 aromatic rings. The van der Waals surface area contributed by atoms with Gasteiger partial charge in [0.05, 0.1) is 22.5 Å². The molecule has 0 aliphatic rings. The molecule has 6 heteroatoms. The lowest BCUT2D eigenvalue weighted by molar-refractivity contribution is 0.0993. The van der Waals surface area contributed by atoms with Crippen LogP contribution >= 0.6 is 11.6 Å². The molecule has 2 heterocycles. The summed E-state index contributed by atoms with van der Waals surface area (Å²) >= 11 is 6.03. The first-order chi connectivity index (χ1) is 9.13. The third-order valence-electron chi connectivity index (χ3n) is 2.68. The summed E-state index contributed by atoms with van der Waals surface area (Å²) in [6.07, 6.45) is 4.73. The van der Waals surface area contributed by atoms with Gasteiger partial charge in [0.15, 0.2) is 0 Å². The highest BCUT2D eigenvalue weighted by Crippen LogP contribution is 2.21. The first kappa shape index (κ1) is 13.3. The molecule has 0 atom stereocenters. The Hall–Kier alpha value is -2.14. The number of amides is 1. The van der Waals surface area contributed by atoms with Crippen molar-refractivity contribution in [2.45, 2.75) is 0 Å². The zero-order chi connectivity index (χ0) is 13.8. The molecular formula is C13H13ClN4O. The maximum atomic E-state index is 12.4. The van der Waals surface area contributed by atoms with Gasteiger partial charge in [-0.05, 0) is 18.2 Å². The molecule has 98 valence electrons. The number of aromatic nitrogens is 2. The van der Waals surface area contributed by atoms with E-state index < -0.39 is 0 Å². The largest absolute Gasteiger partial charge is 0.373 e. The van der Waals surface area contributed by atoms with Gasteiger partial charge in [-0.1, -0.05) is 11.6 Å². The van der Waals surface area contributed by atoms with Crippen LogP contribution in [0.1, 0.15) is 10.4 Å². The number of hydrogen-bond acceptors (Lipinski definition) is 4. The molecule has 0 saturated heterocycles. The Morgan fingerprint density at radius 2 is 2.21 bits per heavy atom. The van der Waals surface area contributed by atoms with Crippen molar-refractivity contribution in [3.8, 4) is 0 Å². The number of hydrogen-bond donors (Lipinski definition) is 1. The van der Waals surface area contributed by atoms with Crippen molar-refractivity contribution in [1.29, 1.82) is 0 Å². The summed E-state index contributed by atoms with van der Waals surface area (Å²) < 4.78 is 0. The van der Waals surface area contributed by atoms with Crippen molar-refractivity contribution in [3.63, 3.8) is 0 Å². The molecular weight excluding hydrogens is 264 g/mol. The van der Waals surface area contributed by atoms with Crippen molar-refractivity contribution >= 4 is 29.0 Å². The summed E-state index contributed by atoms with van der Waals surface area (Å²) in [5.74, 6) is 0.379. The minimum Gasteiger partial charge on any atom is -0.373 e. The second-order valence-electron chi connectivity index (χ2n) is 3.87. The minimum atomic E-state index is -0.211. The Balaban J connectivity index is 2.34. The van der Waals surface area contributed by atoms with Gasteiger partial charge in [0.1, 0.15) is 5.82 Å². The molecule has 1 amide bonds. The molecule has 0 radical (unpaired) electrons. The molecule has 0 aromatic carbocycles. The van der Waals surface area contributed by atoms with Crippen LogP contribution in [0.25, 0.3) is 0 Å². The van der Waals surface area contributed by atoms with Gasteiger partial charge in [0, 0.05) is 26.5 Å². The fraction of sp³-hybridized carbons (Fsp3) is 0.154. The summed E-state index contributed by atoms with van der Waals surface area (Å²) in [5, 5.41) is 3.19. The molecule has 0 saturated carbocycles. The smallest absolute Gasteiger partial charge is 0.259 e. The van der Waals surface area contributed by atoms with Crippen LogP contribution in [0.5, 0.6) is 0 Å². The van der Waals surface area contributed by atoms with Gasteiger partial charge in [-0.2, -0.15) is 0 Å². The third kappa shape index (κ3) is 2.82. The van der Waals surface area contributed by atoms with Gasteiger partial charge in [-0.25, -0.2) is 4.98 Å². The van der Waals surface area contributed by atoms with E-state index in [0.717, 1.165) is 0 Å². The predicted molar refractivity (Wildman–Crippen MR) is 75.8 cm³/mol. The average Bonchev–Trinajstić information content (AvgIpc) is 2.47. The Morgan fingerprint density at radius 3 is 2.84 bits per heavy atom. The molecule has 0 aliphatic carbocycles. The lowest BCUT2D eigenvalue weighted by Crippen LogP contribution is -2.26. The Kier molecular flexibility index (Phi) is 3.97. The van der Waals surface area contributed by atoms with Crippen LogP contribution in [0.15, 0.2) is 36.8 Å². The maximum absolute atomic E-state index is 12.4. The summed E-state index contributed by atoms with van der Waals surface area (Å²) in [6.45, 7) is 0. The number of pyridine rings is 2. The zero-order valence-electron chi connectivity index (χ0n) is 10.6. The Labute approximate surface area is 116 Å². The number of carbonyl (C=O) groups is 1. The summed E-state index contributed by atoms with van der Waals surface area (Å²) in [4.78, 5) is 21.9. The summed E-state index contributed by atoms with van der Waals surface area (Å²) in [5.41, 5.74) is 1.10. The standard InChI is InChI=1S/C13H13ClN4O/c1-15-12-6-10(11(14)8-17-12)13(19)18(2)9-4-3-5-16-7-9/h3-8H,1-2H3,(H,15,17). The van der Waals surface area contributed by atoms with Crippen molar-refractivity contribution in [1.82, 2.24) is 9.97 Å². The second-order valence-corrected chi connectivity index (χ2v) is 4.28. The van der Waals surface area contributed by atoms with Crippen molar-refractivity contribution in [2.75, 3.05) is 24.3 Å². The van der Waals surface area contributed by atoms with Gasteiger partial charge < -0.3 is 10.2 Å². The Morgan fingerprint density at radius 1 is 1.42 bits per heavy atom. The minimum absolute atomic E-state index is 0.211. The van der Waals surface area contributed by atoms with Gasteiger partial charge in [-0.15, -0.1) is 0 Å². The van der Waals surface area contributed by atoms with Gasteiger partial charge in [0.2, 0.25) is 0 Å². The van der Waals surface area contributed by atoms with Crippen molar-refractivity contribution in [3.05, 3.63) is 47.4 Å². The number of rotatable bonds is 3. The lowest BCUT2D eigenvalue weighted by atomic mass is 10.2. The molecule has 19 heavy (non-hydrogen) atoms. The van der Waals surface area contributed by atoms with E-state index in [9.17, 15) is 4.79 Å². The first-order valence-electron chi connectivity index (χ1n) is 5.65. The van der Waals surface area contributed by atoms with Crippen LogP contribution < -0.4 is 10.2 Å². The molecule has 1 N–H and O–H groups in total. The molecule has 0 aliphatic heterocycles. The van der Waals surface area contributed by atoms with Crippen LogP contribution in [-0.2, 0) is 0 Å².